The van der Waals surface area contributed by atoms with Gasteiger partial charge < -0.3 is 9.53 Å². The molecule has 0 saturated carbocycles. The van der Waals surface area contributed by atoms with E-state index in [2.05, 4.69) is 32.0 Å². The van der Waals surface area contributed by atoms with Crippen LogP contribution >= 0.6 is 0 Å². The summed E-state index contributed by atoms with van der Waals surface area (Å²) in [7, 11) is 3.60. The Labute approximate surface area is 103 Å². The summed E-state index contributed by atoms with van der Waals surface area (Å²) >= 11 is 0. The van der Waals surface area contributed by atoms with Crippen LogP contribution in [0.25, 0.3) is 0 Å². The van der Waals surface area contributed by atoms with Crippen LogP contribution in [0, 0.1) is 0 Å². The van der Waals surface area contributed by atoms with Gasteiger partial charge >= 0.3 is 0 Å². The molecular formula is C14H21NO2. The molecule has 0 spiro atoms. The molecule has 1 aromatic rings. The van der Waals surface area contributed by atoms with Crippen molar-refractivity contribution in [2.24, 2.45) is 0 Å². The first-order valence-corrected chi connectivity index (χ1v) is 5.87. The third-order valence-electron chi connectivity index (χ3n) is 2.80. The van der Waals surface area contributed by atoms with Gasteiger partial charge in [-0.3, -0.25) is 4.90 Å². The number of nitrogens with zero attached hydrogens (tertiary/aromatic N) is 1. The van der Waals surface area contributed by atoms with Crippen molar-refractivity contribution in [3.63, 3.8) is 0 Å². The van der Waals surface area contributed by atoms with E-state index in [0.29, 0.717) is 12.5 Å². The highest BCUT2D eigenvalue weighted by atomic mass is 16.5. The first kappa shape index (κ1) is 13.7. The fraction of sp³-hybridized carbons (Fsp3) is 0.500. The number of aldehydes is 1. The van der Waals surface area contributed by atoms with Gasteiger partial charge in [-0.2, -0.15) is 0 Å². The molecule has 0 amide bonds. The van der Waals surface area contributed by atoms with Gasteiger partial charge in [-0.15, -0.1) is 0 Å². The van der Waals surface area contributed by atoms with Gasteiger partial charge in [0.2, 0.25) is 0 Å². The van der Waals surface area contributed by atoms with Crippen LogP contribution < -0.4 is 4.74 Å². The summed E-state index contributed by atoms with van der Waals surface area (Å²) in [6.07, 6.45) is 0.912. The number of ether oxygens (including phenoxy) is 1. The standard InChI is InChI=1S/C14H21NO2/c1-11(2)12-5-6-13(14(9-12)17-4)10-15(3)7-8-16/h5-6,8-9,11H,7,10H2,1-4H3. The number of carbonyl (C=O) groups is 1. The molecule has 17 heavy (non-hydrogen) atoms. The van der Waals surface area contributed by atoms with E-state index in [9.17, 15) is 4.79 Å². The predicted octanol–water partition coefficient (Wildman–Crippen LogP) is 2.45. The molecule has 0 aliphatic heterocycles. The molecule has 0 radical (unpaired) electrons. The van der Waals surface area contributed by atoms with Gasteiger partial charge in [-0.1, -0.05) is 26.0 Å². The van der Waals surface area contributed by atoms with E-state index in [0.717, 1.165) is 24.1 Å². The minimum absolute atomic E-state index is 0.440. The Morgan fingerprint density at radius 3 is 2.65 bits per heavy atom. The smallest absolute Gasteiger partial charge is 0.133 e. The Balaban J connectivity index is 2.88. The first-order valence-electron chi connectivity index (χ1n) is 5.87. The van der Waals surface area contributed by atoms with Crippen LogP contribution in [0.4, 0.5) is 0 Å². The Hall–Kier alpha value is -1.35. The quantitative estimate of drug-likeness (QED) is 0.709. The molecule has 0 aromatic heterocycles. The van der Waals surface area contributed by atoms with Crippen LogP contribution in [0.5, 0.6) is 5.75 Å². The summed E-state index contributed by atoms with van der Waals surface area (Å²) in [5.74, 6) is 1.39. The van der Waals surface area contributed by atoms with E-state index in [1.54, 1.807) is 7.11 Å². The zero-order chi connectivity index (χ0) is 12.8. The molecule has 0 fully saturated rings. The van der Waals surface area contributed by atoms with Crippen LogP contribution in [0.1, 0.15) is 30.9 Å². The van der Waals surface area contributed by atoms with Crippen molar-refractivity contribution < 1.29 is 9.53 Å². The lowest BCUT2D eigenvalue weighted by atomic mass is 10.0. The van der Waals surface area contributed by atoms with Crippen molar-refractivity contribution in [3.05, 3.63) is 29.3 Å². The van der Waals surface area contributed by atoms with Gasteiger partial charge in [0, 0.05) is 12.1 Å². The zero-order valence-corrected chi connectivity index (χ0v) is 11.1. The molecule has 0 bridgehead atoms. The van der Waals surface area contributed by atoms with E-state index >= 15 is 0 Å². The second-order valence-electron chi connectivity index (χ2n) is 4.59. The number of carbonyl (C=O) groups excluding carboxylic acids is 1. The predicted molar refractivity (Wildman–Crippen MR) is 69.5 cm³/mol. The molecule has 0 heterocycles. The van der Waals surface area contributed by atoms with Crippen LogP contribution in [0.15, 0.2) is 18.2 Å². The molecule has 0 saturated heterocycles. The van der Waals surface area contributed by atoms with Crippen molar-refractivity contribution in [3.8, 4) is 5.75 Å². The summed E-state index contributed by atoms with van der Waals surface area (Å²) in [5.41, 5.74) is 2.38. The maximum atomic E-state index is 10.4. The van der Waals surface area contributed by atoms with Crippen molar-refractivity contribution in [2.45, 2.75) is 26.3 Å². The fourth-order valence-electron chi connectivity index (χ4n) is 1.73. The summed E-state index contributed by atoms with van der Waals surface area (Å²) in [5, 5.41) is 0. The average molecular weight is 235 g/mol. The second kappa shape index (κ2) is 6.40. The third-order valence-corrected chi connectivity index (χ3v) is 2.80. The second-order valence-corrected chi connectivity index (χ2v) is 4.59. The molecule has 3 heteroatoms. The molecular weight excluding hydrogens is 214 g/mol. The molecule has 0 aliphatic rings. The zero-order valence-electron chi connectivity index (χ0n) is 11.1. The summed E-state index contributed by atoms with van der Waals surface area (Å²) in [6.45, 7) is 5.48. The van der Waals surface area contributed by atoms with Crippen LogP contribution in [-0.2, 0) is 11.3 Å². The first-order chi connectivity index (χ1) is 8.08. The highest BCUT2D eigenvalue weighted by Gasteiger charge is 2.08. The molecule has 0 aliphatic carbocycles. The lowest BCUT2D eigenvalue weighted by molar-refractivity contribution is -0.108. The number of methoxy groups -OCH3 is 1. The lowest BCUT2D eigenvalue weighted by Gasteiger charge is -2.17. The maximum Gasteiger partial charge on any atom is 0.133 e. The minimum atomic E-state index is 0.440. The van der Waals surface area contributed by atoms with Gasteiger partial charge in [-0.05, 0) is 24.6 Å². The van der Waals surface area contributed by atoms with E-state index < -0.39 is 0 Å². The summed E-state index contributed by atoms with van der Waals surface area (Å²) in [4.78, 5) is 12.4. The number of benzene rings is 1. The Morgan fingerprint density at radius 2 is 2.12 bits per heavy atom. The van der Waals surface area contributed by atoms with Gasteiger partial charge in [0.15, 0.2) is 0 Å². The fourth-order valence-corrected chi connectivity index (χ4v) is 1.73. The molecule has 0 atom stereocenters. The van der Waals surface area contributed by atoms with E-state index in [-0.39, 0.29) is 0 Å². The average Bonchev–Trinajstić information content (AvgIpc) is 2.29. The number of hydrogen-bond donors (Lipinski definition) is 0. The van der Waals surface area contributed by atoms with Crippen molar-refractivity contribution in [2.75, 3.05) is 20.7 Å². The molecule has 0 N–H and O–H groups in total. The number of likely N-dealkylation sites (N-methyl/N-ethyl adjacent to an activating group) is 1. The lowest BCUT2D eigenvalue weighted by Crippen LogP contribution is -2.20. The summed E-state index contributed by atoms with van der Waals surface area (Å²) < 4.78 is 5.40. The van der Waals surface area contributed by atoms with E-state index in [1.165, 1.54) is 5.56 Å². The van der Waals surface area contributed by atoms with Gasteiger partial charge in [0.1, 0.15) is 12.0 Å². The third kappa shape index (κ3) is 3.86. The Kier molecular flexibility index (Phi) is 5.16. The molecule has 1 aromatic carbocycles. The number of rotatable bonds is 6. The molecule has 94 valence electrons. The van der Waals surface area contributed by atoms with Crippen LogP contribution in [0.2, 0.25) is 0 Å². The van der Waals surface area contributed by atoms with Crippen molar-refractivity contribution >= 4 is 6.29 Å². The van der Waals surface area contributed by atoms with Gasteiger partial charge in [-0.25, -0.2) is 0 Å². The largest absolute Gasteiger partial charge is 0.496 e. The van der Waals surface area contributed by atoms with E-state index in [1.807, 2.05) is 11.9 Å². The molecule has 0 unspecified atom stereocenters. The van der Waals surface area contributed by atoms with Crippen LogP contribution in [-0.4, -0.2) is 31.9 Å². The normalized spacial score (nSPS) is 10.9. The van der Waals surface area contributed by atoms with Crippen molar-refractivity contribution in [1.82, 2.24) is 4.90 Å². The van der Waals surface area contributed by atoms with Crippen LogP contribution in [0.3, 0.4) is 0 Å². The minimum Gasteiger partial charge on any atom is -0.496 e. The molecule has 3 nitrogen and oxygen atoms in total. The summed E-state index contributed by atoms with van der Waals surface area (Å²) in [6, 6.07) is 6.28. The highest BCUT2D eigenvalue weighted by Crippen LogP contribution is 2.25. The maximum absolute atomic E-state index is 10.4. The monoisotopic (exact) mass is 235 g/mol. The van der Waals surface area contributed by atoms with Gasteiger partial charge in [0.05, 0.1) is 13.7 Å². The SMILES string of the molecule is COc1cc(C(C)C)ccc1CN(C)CC=O. The molecule has 1 rings (SSSR count). The van der Waals surface area contributed by atoms with Crippen molar-refractivity contribution in [1.29, 1.82) is 0 Å². The Morgan fingerprint density at radius 1 is 1.41 bits per heavy atom. The Bertz CT molecular complexity index is 374. The highest BCUT2D eigenvalue weighted by molar-refractivity contribution is 5.52. The van der Waals surface area contributed by atoms with Gasteiger partial charge in [0.25, 0.3) is 0 Å². The topological polar surface area (TPSA) is 29.5 Å². The van der Waals surface area contributed by atoms with E-state index in [4.69, 9.17) is 4.74 Å². The number of hydrogen-bond acceptors (Lipinski definition) is 3.